The summed E-state index contributed by atoms with van der Waals surface area (Å²) >= 11 is 0. The van der Waals surface area contributed by atoms with Crippen LogP contribution in [0.3, 0.4) is 0 Å². The lowest BCUT2D eigenvalue weighted by Gasteiger charge is -2.15. The van der Waals surface area contributed by atoms with Crippen molar-refractivity contribution in [2.45, 2.75) is 6.36 Å². The van der Waals surface area contributed by atoms with Crippen LogP contribution >= 0.6 is 0 Å². The summed E-state index contributed by atoms with van der Waals surface area (Å²) in [4.78, 5) is 1.71. The minimum Gasteiger partial charge on any atom is -0.406 e. The molecule has 2 nitrogen and oxygen atoms in total. The summed E-state index contributed by atoms with van der Waals surface area (Å²) in [5, 5.41) is 0. The molecule has 0 heterocycles. The van der Waals surface area contributed by atoms with Crippen LogP contribution in [-0.4, -0.2) is 20.5 Å². The average molecular weight is 299 g/mol. The lowest BCUT2D eigenvalue weighted by molar-refractivity contribution is -0.274. The smallest absolute Gasteiger partial charge is 0.406 e. The number of hydrogen-bond acceptors (Lipinski definition) is 2. The maximum atomic E-state index is 13.6. The molecule has 0 aromatic heterocycles. The second-order valence-electron chi connectivity index (χ2n) is 4.67. The van der Waals surface area contributed by atoms with Crippen molar-refractivity contribution < 1.29 is 22.3 Å². The highest BCUT2D eigenvalue weighted by atomic mass is 19.4. The second kappa shape index (κ2) is 5.63. The van der Waals surface area contributed by atoms with Crippen LogP contribution in [-0.2, 0) is 0 Å². The summed E-state index contributed by atoms with van der Waals surface area (Å²) in [6.07, 6.45) is -4.75. The molecular weight excluding hydrogens is 286 g/mol. The molecule has 0 aliphatic rings. The summed E-state index contributed by atoms with van der Waals surface area (Å²) in [6.45, 7) is 0. The molecule has 0 unspecified atom stereocenters. The van der Waals surface area contributed by atoms with Gasteiger partial charge in [0.05, 0.1) is 0 Å². The normalized spacial score (nSPS) is 11.3. The van der Waals surface area contributed by atoms with Crippen LogP contribution in [0.15, 0.2) is 42.5 Å². The van der Waals surface area contributed by atoms with Gasteiger partial charge in [0.1, 0.15) is 11.6 Å². The molecule has 0 aliphatic heterocycles. The standard InChI is InChI=1S/C15H13F4NO/c1-20(2)13-7-11(6-12(16)9-13)10-4-3-5-14(8-10)21-15(17,18)19/h3-9H,1-2H3. The van der Waals surface area contributed by atoms with Gasteiger partial charge in [-0.05, 0) is 41.5 Å². The van der Waals surface area contributed by atoms with Crippen LogP contribution in [0, 0.1) is 5.82 Å². The van der Waals surface area contributed by atoms with Crippen molar-refractivity contribution in [3.05, 3.63) is 48.3 Å². The SMILES string of the molecule is CN(C)c1cc(F)cc(-c2cccc(OC(F)(F)F)c2)c1. The van der Waals surface area contributed by atoms with E-state index >= 15 is 0 Å². The molecule has 21 heavy (non-hydrogen) atoms. The molecule has 0 saturated heterocycles. The van der Waals surface area contributed by atoms with Gasteiger partial charge in [-0.25, -0.2) is 4.39 Å². The summed E-state index contributed by atoms with van der Waals surface area (Å²) in [5.41, 5.74) is 1.54. The molecule has 0 spiro atoms. The predicted octanol–water partition coefficient (Wildman–Crippen LogP) is 4.46. The largest absolute Gasteiger partial charge is 0.573 e. The number of anilines is 1. The fourth-order valence-corrected chi connectivity index (χ4v) is 1.87. The maximum Gasteiger partial charge on any atom is 0.573 e. The lowest BCUT2D eigenvalue weighted by atomic mass is 10.0. The molecule has 2 rings (SSSR count). The molecule has 0 atom stereocenters. The van der Waals surface area contributed by atoms with Gasteiger partial charge in [0.25, 0.3) is 0 Å². The number of benzene rings is 2. The Morgan fingerprint density at radius 2 is 1.67 bits per heavy atom. The Bertz CT molecular complexity index is 638. The van der Waals surface area contributed by atoms with E-state index in [0.717, 1.165) is 0 Å². The van der Waals surface area contributed by atoms with E-state index in [0.29, 0.717) is 16.8 Å². The van der Waals surface area contributed by atoms with Gasteiger partial charge in [0.2, 0.25) is 0 Å². The second-order valence-corrected chi connectivity index (χ2v) is 4.67. The van der Waals surface area contributed by atoms with Crippen molar-refractivity contribution >= 4 is 5.69 Å². The van der Waals surface area contributed by atoms with Gasteiger partial charge in [0.15, 0.2) is 0 Å². The van der Waals surface area contributed by atoms with Crippen LogP contribution in [0.2, 0.25) is 0 Å². The first-order valence-corrected chi connectivity index (χ1v) is 6.09. The Balaban J connectivity index is 2.40. The van der Waals surface area contributed by atoms with E-state index in [-0.39, 0.29) is 5.75 Å². The van der Waals surface area contributed by atoms with Crippen LogP contribution in [0.5, 0.6) is 5.75 Å². The zero-order chi connectivity index (χ0) is 15.6. The average Bonchev–Trinajstić information content (AvgIpc) is 2.36. The van der Waals surface area contributed by atoms with Gasteiger partial charge in [-0.1, -0.05) is 12.1 Å². The minimum absolute atomic E-state index is 0.337. The van der Waals surface area contributed by atoms with Gasteiger partial charge < -0.3 is 9.64 Å². The Morgan fingerprint density at radius 1 is 0.952 bits per heavy atom. The molecule has 0 radical (unpaired) electrons. The maximum absolute atomic E-state index is 13.6. The van der Waals surface area contributed by atoms with Gasteiger partial charge in [-0.2, -0.15) is 0 Å². The van der Waals surface area contributed by atoms with Crippen molar-refractivity contribution in [3.63, 3.8) is 0 Å². The van der Waals surface area contributed by atoms with Crippen molar-refractivity contribution in [1.82, 2.24) is 0 Å². The van der Waals surface area contributed by atoms with Crippen LogP contribution in [0.1, 0.15) is 0 Å². The molecule has 0 aliphatic carbocycles. The Labute approximate surface area is 119 Å². The number of alkyl halides is 3. The van der Waals surface area contributed by atoms with E-state index < -0.39 is 12.2 Å². The molecular formula is C15H13F4NO. The summed E-state index contributed by atoms with van der Waals surface area (Å²) < 4.78 is 54.1. The first-order valence-electron chi connectivity index (χ1n) is 6.09. The third-order valence-electron chi connectivity index (χ3n) is 2.80. The molecule has 0 amide bonds. The first kappa shape index (κ1) is 15.2. The lowest BCUT2D eigenvalue weighted by Crippen LogP contribution is -2.17. The zero-order valence-electron chi connectivity index (χ0n) is 11.4. The summed E-state index contributed by atoms with van der Waals surface area (Å²) in [6, 6.07) is 9.74. The predicted molar refractivity (Wildman–Crippen MR) is 72.8 cm³/mol. The molecule has 0 N–H and O–H groups in total. The number of hydrogen-bond donors (Lipinski definition) is 0. The summed E-state index contributed by atoms with van der Waals surface area (Å²) in [7, 11) is 3.50. The Hall–Kier alpha value is -2.24. The highest BCUT2D eigenvalue weighted by molar-refractivity contribution is 5.69. The van der Waals surface area contributed by atoms with Gasteiger partial charge >= 0.3 is 6.36 Å². The highest BCUT2D eigenvalue weighted by Gasteiger charge is 2.31. The molecule has 6 heteroatoms. The zero-order valence-corrected chi connectivity index (χ0v) is 11.4. The van der Waals surface area contributed by atoms with E-state index in [1.165, 1.54) is 30.3 Å². The van der Waals surface area contributed by atoms with Gasteiger partial charge in [-0.15, -0.1) is 13.2 Å². The Kier molecular flexibility index (Phi) is 4.06. The minimum atomic E-state index is -4.75. The number of ether oxygens (including phenoxy) is 1. The van der Waals surface area contributed by atoms with Crippen molar-refractivity contribution in [2.24, 2.45) is 0 Å². The van der Waals surface area contributed by atoms with Crippen molar-refractivity contribution in [3.8, 4) is 16.9 Å². The third-order valence-corrected chi connectivity index (χ3v) is 2.80. The topological polar surface area (TPSA) is 12.5 Å². The fourth-order valence-electron chi connectivity index (χ4n) is 1.87. The fraction of sp³-hybridized carbons (Fsp3) is 0.200. The van der Waals surface area contributed by atoms with Gasteiger partial charge in [-0.3, -0.25) is 0 Å². The van der Waals surface area contributed by atoms with Crippen LogP contribution < -0.4 is 9.64 Å². The van der Waals surface area contributed by atoms with Crippen LogP contribution in [0.25, 0.3) is 11.1 Å². The van der Waals surface area contributed by atoms with E-state index in [4.69, 9.17) is 0 Å². The van der Waals surface area contributed by atoms with E-state index in [9.17, 15) is 17.6 Å². The summed E-state index contributed by atoms with van der Waals surface area (Å²) in [5.74, 6) is -0.797. The van der Waals surface area contributed by atoms with Crippen molar-refractivity contribution in [1.29, 1.82) is 0 Å². The third kappa shape index (κ3) is 4.11. The molecule has 0 saturated carbocycles. The number of nitrogens with zero attached hydrogens (tertiary/aromatic N) is 1. The monoisotopic (exact) mass is 299 g/mol. The molecule has 0 bridgehead atoms. The Morgan fingerprint density at radius 3 is 2.29 bits per heavy atom. The first-order chi connectivity index (χ1) is 9.74. The molecule has 112 valence electrons. The van der Waals surface area contributed by atoms with Gasteiger partial charge in [0, 0.05) is 19.8 Å². The molecule has 2 aromatic rings. The van der Waals surface area contributed by atoms with Crippen molar-refractivity contribution in [2.75, 3.05) is 19.0 Å². The van der Waals surface area contributed by atoms with Crippen LogP contribution in [0.4, 0.5) is 23.2 Å². The molecule has 2 aromatic carbocycles. The number of rotatable bonds is 3. The van der Waals surface area contributed by atoms with E-state index in [2.05, 4.69) is 4.74 Å². The van der Waals surface area contributed by atoms with E-state index in [1.54, 1.807) is 31.1 Å². The number of halogens is 4. The van der Waals surface area contributed by atoms with E-state index in [1.807, 2.05) is 0 Å². The molecule has 0 fully saturated rings. The quantitative estimate of drug-likeness (QED) is 0.776. The highest BCUT2D eigenvalue weighted by Crippen LogP contribution is 2.30.